The normalized spacial score (nSPS) is 17.1. The Kier molecular flexibility index (Phi) is 6.43. The van der Waals surface area contributed by atoms with E-state index in [9.17, 15) is 18.0 Å². The largest absolute Gasteiger partial charge is 0.481 e. The molecule has 2 aliphatic heterocycles. The number of alkyl halides is 3. The summed E-state index contributed by atoms with van der Waals surface area (Å²) >= 11 is 7.84. The second-order valence-corrected chi connectivity index (χ2v) is 10.0. The van der Waals surface area contributed by atoms with Crippen LogP contribution in [-0.2, 0) is 13.1 Å². The van der Waals surface area contributed by atoms with Gasteiger partial charge in [-0.1, -0.05) is 29.4 Å². The average Bonchev–Trinajstić information content (AvgIpc) is 3.25. The van der Waals surface area contributed by atoms with Gasteiger partial charge in [0.25, 0.3) is 5.56 Å². The number of fused-ring (bicyclic) bond motifs is 2. The van der Waals surface area contributed by atoms with Crippen LogP contribution in [0.5, 0.6) is 5.75 Å². The summed E-state index contributed by atoms with van der Waals surface area (Å²) in [4.78, 5) is 16.1. The van der Waals surface area contributed by atoms with Gasteiger partial charge in [0, 0.05) is 47.8 Å². The van der Waals surface area contributed by atoms with Gasteiger partial charge >= 0.3 is 6.18 Å². The molecule has 3 aromatic rings. The number of pyridine rings is 1. The zero-order valence-electron chi connectivity index (χ0n) is 18.2. The summed E-state index contributed by atoms with van der Waals surface area (Å²) in [6.07, 6.45) is -2.78. The Morgan fingerprint density at radius 2 is 1.91 bits per heavy atom. The molecular formula is C24H23ClF3N3O2S. The van der Waals surface area contributed by atoms with Crippen LogP contribution in [0.25, 0.3) is 10.9 Å². The molecule has 0 aliphatic carbocycles. The number of likely N-dealkylation sites (tertiary alicyclic amines) is 1. The minimum atomic E-state index is -4.50. The van der Waals surface area contributed by atoms with Gasteiger partial charge < -0.3 is 10.1 Å². The highest BCUT2D eigenvalue weighted by Crippen LogP contribution is 2.37. The molecule has 10 heteroatoms. The van der Waals surface area contributed by atoms with Gasteiger partial charge in [-0.15, -0.1) is 0 Å². The Morgan fingerprint density at radius 1 is 1.12 bits per heavy atom. The number of nitrogens with one attached hydrogen (secondary N) is 1. The average molecular weight is 510 g/mol. The van der Waals surface area contributed by atoms with Gasteiger partial charge in [-0.2, -0.15) is 13.2 Å². The number of aromatic nitrogens is 1. The molecule has 2 aliphatic rings. The number of anilines is 1. The number of rotatable bonds is 5. The van der Waals surface area contributed by atoms with Crippen molar-refractivity contribution >= 4 is 40.0 Å². The van der Waals surface area contributed by atoms with Crippen molar-refractivity contribution in [1.29, 1.82) is 0 Å². The van der Waals surface area contributed by atoms with Crippen molar-refractivity contribution in [3.63, 3.8) is 0 Å². The molecule has 5 nitrogen and oxygen atoms in total. The molecule has 1 fully saturated rings. The van der Waals surface area contributed by atoms with E-state index in [1.807, 2.05) is 6.07 Å². The Morgan fingerprint density at radius 3 is 2.68 bits per heavy atom. The molecule has 0 unspecified atom stereocenters. The van der Waals surface area contributed by atoms with Crippen LogP contribution in [0, 0.1) is 0 Å². The van der Waals surface area contributed by atoms with Crippen LogP contribution >= 0.6 is 23.4 Å². The minimum absolute atomic E-state index is 0.111. The molecule has 0 spiro atoms. The lowest BCUT2D eigenvalue weighted by Gasteiger charge is -2.33. The topological polar surface area (TPSA) is 46.5 Å². The van der Waals surface area contributed by atoms with Crippen molar-refractivity contribution in [2.45, 2.75) is 43.0 Å². The zero-order chi connectivity index (χ0) is 23.9. The van der Waals surface area contributed by atoms with Gasteiger partial charge in [-0.25, -0.2) is 0 Å². The SMILES string of the molecule is O=c1cc(NC2CCN(Cc3ccc4c(c3)SCO4)CC2)c2cc(Cl)ccc2n1CC(F)(F)F. The van der Waals surface area contributed by atoms with Crippen LogP contribution in [0.1, 0.15) is 18.4 Å². The Labute approximate surface area is 203 Å². The standard InChI is InChI=1S/C24H23ClF3N3O2S/c25-16-2-3-20-18(10-16)19(11-23(32)31(20)13-24(26,27)28)29-17-5-7-30(8-6-17)12-15-1-4-21-22(9-15)34-14-33-21/h1-4,9-11,17,29H,5-8,12-14H2. The summed E-state index contributed by atoms with van der Waals surface area (Å²) in [5.74, 6) is 1.61. The molecule has 1 saturated heterocycles. The van der Waals surface area contributed by atoms with Crippen molar-refractivity contribution in [1.82, 2.24) is 9.47 Å². The molecule has 2 aromatic carbocycles. The monoisotopic (exact) mass is 509 g/mol. The van der Waals surface area contributed by atoms with Crippen LogP contribution in [0.3, 0.4) is 0 Å². The maximum Gasteiger partial charge on any atom is 0.406 e. The van der Waals surface area contributed by atoms with Crippen molar-refractivity contribution in [3.8, 4) is 5.75 Å². The quantitative estimate of drug-likeness (QED) is 0.475. The Hall–Kier alpha value is -2.36. The van der Waals surface area contributed by atoms with E-state index in [-0.39, 0.29) is 11.6 Å². The van der Waals surface area contributed by atoms with E-state index in [1.54, 1.807) is 17.8 Å². The maximum atomic E-state index is 13.0. The van der Waals surface area contributed by atoms with Gasteiger partial charge in [0.05, 0.1) is 10.4 Å². The Bertz CT molecular complexity index is 1270. The number of nitrogens with zero attached hydrogens (tertiary/aromatic N) is 2. The summed E-state index contributed by atoms with van der Waals surface area (Å²) < 4.78 is 45.4. The third-order valence-electron chi connectivity index (χ3n) is 6.20. The van der Waals surface area contributed by atoms with Gasteiger partial charge in [-0.05, 0) is 48.7 Å². The Balaban J connectivity index is 1.29. The number of benzene rings is 2. The van der Waals surface area contributed by atoms with Crippen molar-refractivity contribution < 1.29 is 17.9 Å². The number of ether oxygens (including phenoxy) is 1. The molecular weight excluding hydrogens is 487 g/mol. The molecule has 0 atom stereocenters. The van der Waals surface area contributed by atoms with E-state index in [0.29, 0.717) is 22.0 Å². The van der Waals surface area contributed by atoms with E-state index < -0.39 is 18.3 Å². The molecule has 0 radical (unpaired) electrons. The molecule has 34 heavy (non-hydrogen) atoms. The van der Waals surface area contributed by atoms with Gasteiger partial charge in [0.15, 0.2) is 0 Å². The molecule has 180 valence electrons. The number of thioether (sulfide) groups is 1. The molecule has 5 rings (SSSR count). The summed E-state index contributed by atoms with van der Waals surface area (Å²) in [6.45, 7) is 1.27. The van der Waals surface area contributed by atoms with Crippen molar-refractivity contribution in [2.75, 3.05) is 24.3 Å². The lowest BCUT2D eigenvalue weighted by atomic mass is 10.0. The highest BCUT2D eigenvalue weighted by Gasteiger charge is 2.30. The summed E-state index contributed by atoms with van der Waals surface area (Å²) in [6, 6.07) is 12.2. The van der Waals surface area contributed by atoms with E-state index in [1.165, 1.54) is 28.7 Å². The predicted octanol–water partition coefficient (Wildman–Crippen LogP) is 5.74. The fourth-order valence-electron chi connectivity index (χ4n) is 4.57. The smallest absolute Gasteiger partial charge is 0.406 e. The second kappa shape index (κ2) is 9.36. The minimum Gasteiger partial charge on any atom is -0.481 e. The summed E-state index contributed by atoms with van der Waals surface area (Å²) in [7, 11) is 0. The predicted molar refractivity (Wildman–Crippen MR) is 129 cm³/mol. The third-order valence-corrected chi connectivity index (χ3v) is 7.30. The molecule has 0 saturated carbocycles. The zero-order valence-corrected chi connectivity index (χ0v) is 19.8. The first-order valence-corrected chi connectivity index (χ1v) is 12.4. The molecule has 1 aromatic heterocycles. The lowest BCUT2D eigenvalue weighted by molar-refractivity contribution is -0.140. The van der Waals surface area contributed by atoms with Gasteiger partial charge in [0.2, 0.25) is 0 Å². The summed E-state index contributed by atoms with van der Waals surface area (Å²) in [5, 5.41) is 4.31. The van der Waals surface area contributed by atoms with E-state index in [4.69, 9.17) is 16.3 Å². The third kappa shape index (κ3) is 5.16. The van der Waals surface area contributed by atoms with E-state index in [2.05, 4.69) is 22.3 Å². The first-order chi connectivity index (χ1) is 16.2. The van der Waals surface area contributed by atoms with Gasteiger partial charge in [0.1, 0.15) is 18.2 Å². The van der Waals surface area contributed by atoms with Crippen LogP contribution in [-0.4, -0.2) is 40.7 Å². The number of hydrogen-bond acceptors (Lipinski definition) is 5. The number of piperidine rings is 1. The van der Waals surface area contributed by atoms with Crippen LogP contribution in [0.2, 0.25) is 5.02 Å². The fraction of sp³-hybridized carbons (Fsp3) is 0.375. The van der Waals surface area contributed by atoms with Crippen molar-refractivity contribution in [2.24, 2.45) is 0 Å². The number of halogens is 4. The lowest BCUT2D eigenvalue weighted by Crippen LogP contribution is -2.39. The van der Waals surface area contributed by atoms with Crippen LogP contribution < -0.4 is 15.6 Å². The fourth-order valence-corrected chi connectivity index (χ4v) is 5.56. The van der Waals surface area contributed by atoms with Crippen LogP contribution in [0.4, 0.5) is 18.9 Å². The maximum absolute atomic E-state index is 13.0. The van der Waals surface area contributed by atoms with Gasteiger partial charge in [-0.3, -0.25) is 14.3 Å². The second-order valence-electron chi connectivity index (χ2n) is 8.64. The van der Waals surface area contributed by atoms with Crippen molar-refractivity contribution in [3.05, 3.63) is 63.4 Å². The van der Waals surface area contributed by atoms with Crippen LogP contribution in [0.15, 0.2) is 52.2 Å². The highest BCUT2D eigenvalue weighted by molar-refractivity contribution is 7.99. The molecule has 1 N–H and O–H groups in total. The van der Waals surface area contributed by atoms with E-state index in [0.717, 1.165) is 42.8 Å². The first-order valence-electron chi connectivity index (χ1n) is 11.0. The molecule has 0 amide bonds. The highest BCUT2D eigenvalue weighted by atomic mass is 35.5. The first kappa shape index (κ1) is 23.4. The number of hydrogen-bond donors (Lipinski definition) is 1. The molecule has 3 heterocycles. The van der Waals surface area contributed by atoms with E-state index >= 15 is 0 Å². The summed E-state index contributed by atoms with van der Waals surface area (Å²) in [5.41, 5.74) is 1.30. The molecule has 0 bridgehead atoms.